The molecule has 2 rings (SSSR count). The quantitative estimate of drug-likeness (QED) is 0.828. The highest BCUT2D eigenvalue weighted by molar-refractivity contribution is 6.33. The maximum absolute atomic E-state index is 12.4. The third-order valence-electron chi connectivity index (χ3n) is 3.54. The summed E-state index contributed by atoms with van der Waals surface area (Å²) in [5, 5.41) is 0.910. The monoisotopic (exact) mass is 350 g/mol. The lowest BCUT2D eigenvalue weighted by Crippen LogP contribution is -2.49. The van der Waals surface area contributed by atoms with Crippen molar-refractivity contribution in [3.05, 3.63) is 69.7 Å². The molecule has 0 spiro atoms. The minimum atomic E-state index is -0.835. The van der Waals surface area contributed by atoms with Gasteiger partial charge in [-0.25, -0.2) is 0 Å². The maximum Gasteiger partial charge on any atom is 0.271 e. The molecule has 2 aromatic carbocycles. The van der Waals surface area contributed by atoms with Crippen LogP contribution in [0.25, 0.3) is 0 Å². The number of hydrogen-bond acceptors (Lipinski definition) is 2. The van der Waals surface area contributed by atoms with Crippen LogP contribution in [0.1, 0.15) is 29.8 Å². The standard InChI is InChI=1S/C17H16Cl2N2O2/c1-17(2,11-7-9-12(18)10-8-11)16(23)21-20-15(22)13-5-3-4-6-14(13)19/h3-10H,1-2H3,(H,20,22)(H,21,23). The molecule has 0 atom stereocenters. The van der Waals surface area contributed by atoms with Gasteiger partial charge in [0.1, 0.15) is 0 Å². The largest absolute Gasteiger partial charge is 0.272 e. The molecule has 0 aliphatic rings. The van der Waals surface area contributed by atoms with E-state index in [0.717, 1.165) is 5.56 Å². The molecule has 0 saturated carbocycles. The second-order valence-corrected chi connectivity index (χ2v) is 6.36. The van der Waals surface area contributed by atoms with Crippen molar-refractivity contribution in [2.45, 2.75) is 19.3 Å². The highest BCUT2D eigenvalue weighted by atomic mass is 35.5. The van der Waals surface area contributed by atoms with Crippen molar-refractivity contribution < 1.29 is 9.59 Å². The zero-order chi connectivity index (χ0) is 17.0. The first kappa shape index (κ1) is 17.3. The molecule has 120 valence electrons. The summed E-state index contributed by atoms with van der Waals surface area (Å²) in [7, 11) is 0. The van der Waals surface area contributed by atoms with E-state index in [2.05, 4.69) is 10.9 Å². The van der Waals surface area contributed by atoms with Crippen LogP contribution in [0.15, 0.2) is 48.5 Å². The van der Waals surface area contributed by atoms with E-state index in [1.54, 1.807) is 62.4 Å². The van der Waals surface area contributed by atoms with E-state index < -0.39 is 11.3 Å². The first-order chi connectivity index (χ1) is 10.8. The van der Waals surface area contributed by atoms with Gasteiger partial charge in [-0.15, -0.1) is 0 Å². The average Bonchev–Trinajstić information content (AvgIpc) is 2.53. The highest BCUT2D eigenvalue weighted by Gasteiger charge is 2.30. The Hall–Kier alpha value is -2.04. The Balaban J connectivity index is 2.05. The Labute approximate surface area is 144 Å². The highest BCUT2D eigenvalue weighted by Crippen LogP contribution is 2.24. The van der Waals surface area contributed by atoms with Crippen molar-refractivity contribution in [3.63, 3.8) is 0 Å². The Bertz CT molecular complexity index is 728. The lowest BCUT2D eigenvalue weighted by atomic mass is 9.84. The summed E-state index contributed by atoms with van der Waals surface area (Å²) in [6, 6.07) is 13.6. The minimum absolute atomic E-state index is 0.291. The molecular formula is C17H16Cl2N2O2. The Morgan fingerprint density at radius 1 is 0.913 bits per heavy atom. The molecule has 2 N–H and O–H groups in total. The van der Waals surface area contributed by atoms with E-state index in [0.29, 0.717) is 15.6 Å². The van der Waals surface area contributed by atoms with Crippen LogP contribution < -0.4 is 10.9 Å². The molecule has 0 saturated heterocycles. The zero-order valence-corrected chi connectivity index (χ0v) is 14.2. The number of benzene rings is 2. The van der Waals surface area contributed by atoms with Gasteiger partial charge >= 0.3 is 0 Å². The van der Waals surface area contributed by atoms with Crippen molar-refractivity contribution in [2.75, 3.05) is 0 Å². The van der Waals surface area contributed by atoms with Crippen LogP contribution in [0.3, 0.4) is 0 Å². The predicted molar refractivity (Wildman–Crippen MR) is 91.5 cm³/mol. The molecular weight excluding hydrogens is 335 g/mol. The first-order valence-electron chi connectivity index (χ1n) is 6.93. The zero-order valence-electron chi connectivity index (χ0n) is 12.7. The second kappa shape index (κ2) is 7.02. The summed E-state index contributed by atoms with van der Waals surface area (Å²) in [6.45, 7) is 3.51. The summed E-state index contributed by atoms with van der Waals surface area (Å²) >= 11 is 11.8. The van der Waals surface area contributed by atoms with E-state index in [4.69, 9.17) is 23.2 Å². The number of nitrogens with one attached hydrogen (secondary N) is 2. The van der Waals surface area contributed by atoms with Crippen LogP contribution in [-0.2, 0) is 10.2 Å². The summed E-state index contributed by atoms with van der Waals surface area (Å²) in [5.41, 5.74) is 5.05. The van der Waals surface area contributed by atoms with Crippen LogP contribution >= 0.6 is 23.2 Å². The summed E-state index contributed by atoms with van der Waals surface area (Å²) in [5.74, 6) is -0.823. The number of rotatable bonds is 3. The van der Waals surface area contributed by atoms with E-state index in [1.807, 2.05) is 0 Å². The molecule has 2 amide bonds. The van der Waals surface area contributed by atoms with Crippen molar-refractivity contribution in [3.8, 4) is 0 Å². The fourth-order valence-corrected chi connectivity index (χ4v) is 2.33. The summed E-state index contributed by atoms with van der Waals surface area (Å²) < 4.78 is 0. The molecule has 4 nitrogen and oxygen atoms in total. The summed E-state index contributed by atoms with van der Waals surface area (Å²) in [6.07, 6.45) is 0. The third kappa shape index (κ3) is 4.03. The van der Waals surface area contributed by atoms with Crippen molar-refractivity contribution >= 4 is 35.0 Å². The van der Waals surface area contributed by atoms with Crippen molar-refractivity contribution in [1.29, 1.82) is 0 Å². The molecule has 2 aromatic rings. The Kier molecular flexibility index (Phi) is 5.29. The number of amides is 2. The fraction of sp³-hybridized carbons (Fsp3) is 0.176. The van der Waals surface area contributed by atoms with Gasteiger partial charge in [-0.1, -0.05) is 47.5 Å². The number of halogens is 2. The van der Waals surface area contributed by atoms with Gasteiger partial charge in [0.05, 0.1) is 16.0 Å². The van der Waals surface area contributed by atoms with Crippen LogP contribution in [-0.4, -0.2) is 11.8 Å². The molecule has 0 aromatic heterocycles. The number of carbonyl (C=O) groups is 2. The lowest BCUT2D eigenvalue weighted by Gasteiger charge is -2.24. The lowest BCUT2D eigenvalue weighted by molar-refractivity contribution is -0.126. The Morgan fingerprint density at radius 3 is 2.13 bits per heavy atom. The van der Waals surface area contributed by atoms with Gasteiger partial charge in [0.25, 0.3) is 5.91 Å². The number of hydrazine groups is 1. The smallest absolute Gasteiger partial charge is 0.271 e. The molecule has 0 aliphatic heterocycles. The molecule has 23 heavy (non-hydrogen) atoms. The Morgan fingerprint density at radius 2 is 1.52 bits per heavy atom. The van der Waals surface area contributed by atoms with Crippen LogP contribution in [0.4, 0.5) is 0 Å². The van der Waals surface area contributed by atoms with Gasteiger partial charge in [-0.2, -0.15) is 0 Å². The molecule has 0 aliphatic carbocycles. The molecule has 0 unspecified atom stereocenters. The number of carbonyl (C=O) groups excluding carboxylic acids is 2. The molecule has 0 radical (unpaired) electrons. The molecule has 0 heterocycles. The van der Waals surface area contributed by atoms with Gasteiger partial charge in [-0.05, 0) is 43.7 Å². The van der Waals surface area contributed by atoms with Crippen molar-refractivity contribution in [2.24, 2.45) is 0 Å². The first-order valence-corrected chi connectivity index (χ1v) is 7.69. The van der Waals surface area contributed by atoms with Crippen LogP contribution in [0, 0.1) is 0 Å². The van der Waals surface area contributed by atoms with Crippen LogP contribution in [0.2, 0.25) is 10.0 Å². The van der Waals surface area contributed by atoms with Gasteiger partial charge < -0.3 is 0 Å². The van der Waals surface area contributed by atoms with E-state index >= 15 is 0 Å². The number of hydrogen-bond donors (Lipinski definition) is 2. The normalized spacial score (nSPS) is 11.0. The second-order valence-electron chi connectivity index (χ2n) is 5.52. The minimum Gasteiger partial charge on any atom is -0.272 e. The van der Waals surface area contributed by atoms with Gasteiger partial charge in [0, 0.05) is 5.02 Å². The SMILES string of the molecule is CC(C)(C(=O)NNC(=O)c1ccccc1Cl)c1ccc(Cl)cc1. The van der Waals surface area contributed by atoms with E-state index in [1.165, 1.54) is 0 Å². The average molecular weight is 351 g/mol. The van der Waals surface area contributed by atoms with Crippen LogP contribution in [0.5, 0.6) is 0 Å². The molecule has 6 heteroatoms. The van der Waals surface area contributed by atoms with Gasteiger partial charge in [-0.3, -0.25) is 20.4 Å². The fourth-order valence-electron chi connectivity index (χ4n) is 1.98. The third-order valence-corrected chi connectivity index (χ3v) is 4.12. The van der Waals surface area contributed by atoms with E-state index in [9.17, 15) is 9.59 Å². The van der Waals surface area contributed by atoms with Gasteiger partial charge in [0.2, 0.25) is 5.91 Å². The maximum atomic E-state index is 12.4. The van der Waals surface area contributed by atoms with E-state index in [-0.39, 0.29) is 5.91 Å². The topological polar surface area (TPSA) is 58.2 Å². The molecule has 0 bridgehead atoms. The van der Waals surface area contributed by atoms with Gasteiger partial charge in [0.15, 0.2) is 0 Å². The van der Waals surface area contributed by atoms with Crippen molar-refractivity contribution in [1.82, 2.24) is 10.9 Å². The predicted octanol–water partition coefficient (Wildman–Crippen LogP) is 3.73. The molecule has 0 fully saturated rings. The summed E-state index contributed by atoms with van der Waals surface area (Å²) in [4.78, 5) is 24.4.